The summed E-state index contributed by atoms with van der Waals surface area (Å²) in [5.41, 5.74) is 2.09. The topological polar surface area (TPSA) is 58.4 Å². The standard InChI is InChI=1S/C16H24N4O2S/c1-4-18(2)16(22)14-9-23-10-20(14)15(21)11-6-5-7-13-12(11)8-19(3)17-13/h8,11,14H,4-7,9-10H2,1-3H3/t11-,14+/m1/s1. The molecule has 3 rings (SSSR count). The Kier molecular flexibility index (Phi) is 4.66. The Balaban J connectivity index is 1.81. The number of fused-ring (bicyclic) bond motifs is 1. The summed E-state index contributed by atoms with van der Waals surface area (Å²) >= 11 is 1.66. The molecular weight excluding hydrogens is 312 g/mol. The smallest absolute Gasteiger partial charge is 0.245 e. The fourth-order valence-corrected chi connectivity index (χ4v) is 4.55. The Morgan fingerprint density at radius 3 is 3.00 bits per heavy atom. The van der Waals surface area contributed by atoms with Gasteiger partial charge in [-0.3, -0.25) is 14.3 Å². The van der Waals surface area contributed by atoms with E-state index in [1.807, 2.05) is 20.2 Å². The molecule has 126 valence electrons. The molecule has 23 heavy (non-hydrogen) atoms. The molecule has 0 N–H and O–H groups in total. The van der Waals surface area contributed by atoms with Crippen molar-refractivity contribution in [2.45, 2.75) is 38.1 Å². The number of rotatable bonds is 3. The quantitative estimate of drug-likeness (QED) is 0.833. The summed E-state index contributed by atoms with van der Waals surface area (Å²) in [4.78, 5) is 29.1. The normalized spacial score (nSPS) is 23.7. The van der Waals surface area contributed by atoms with E-state index in [0.29, 0.717) is 18.2 Å². The first-order chi connectivity index (χ1) is 11.0. The monoisotopic (exact) mass is 336 g/mol. The summed E-state index contributed by atoms with van der Waals surface area (Å²) in [5.74, 6) is 1.30. The highest BCUT2D eigenvalue weighted by Crippen LogP contribution is 2.35. The molecule has 2 heterocycles. The van der Waals surface area contributed by atoms with Crippen molar-refractivity contribution in [3.63, 3.8) is 0 Å². The summed E-state index contributed by atoms with van der Waals surface area (Å²) < 4.78 is 1.79. The summed E-state index contributed by atoms with van der Waals surface area (Å²) in [6.45, 7) is 2.62. The summed E-state index contributed by atoms with van der Waals surface area (Å²) in [6, 6.07) is -0.320. The van der Waals surface area contributed by atoms with Crippen LogP contribution in [0.25, 0.3) is 0 Å². The van der Waals surface area contributed by atoms with Crippen molar-refractivity contribution in [2.75, 3.05) is 25.2 Å². The third-order valence-electron chi connectivity index (χ3n) is 4.82. The largest absolute Gasteiger partial charge is 0.344 e. The molecule has 1 fully saturated rings. The predicted octanol–water partition coefficient (Wildman–Crippen LogP) is 1.22. The molecule has 2 aliphatic rings. The predicted molar refractivity (Wildman–Crippen MR) is 90.2 cm³/mol. The van der Waals surface area contributed by atoms with Gasteiger partial charge in [0.25, 0.3) is 0 Å². The zero-order valence-corrected chi connectivity index (χ0v) is 14.8. The van der Waals surface area contributed by atoms with Gasteiger partial charge < -0.3 is 9.80 Å². The van der Waals surface area contributed by atoms with Crippen molar-refractivity contribution in [2.24, 2.45) is 7.05 Å². The Morgan fingerprint density at radius 1 is 1.48 bits per heavy atom. The lowest BCUT2D eigenvalue weighted by atomic mass is 9.86. The van der Waals surface area contributed by atoms with E-state index in [1.54, 1.807) is 33.3 Å². The summed E-state index contributed by atoms with van der Waals surface area (Å²) in [6.07, 6.45) is 4.74. The number of carbonyl (C=O) groups is 2. The summed E-state index contributed by atoms with van der Waals surface area (Å²) in [7, 11) is 3.70. The third kappa shape index (κ3) is 2.98. The van der Waals surface area contributed by atoms with Crippen LogP contribution in [0.15, 0.2) is 6.20 Å². The minimum Gasteiger partial charge on any atom is -0.344 e. The second-order valence-electron chi connectivity index (χ2n) is 6.33. The van der Waals surface area contributed by atoms with Crippen molar-refractivity contribution in [1.82, 2.24) is 19.6 Å². The third-order valence-corrected chi connectivity index (χ3v) is 5.83. The first-order valence-electron chi connectivity index (χ1n) is 8.18. The molecule has 0 aromatic carbocycles. The number of hydrogen-bond donors (Lipinski definition) is 0. The minimum atomic E-state index is -0.320. The average Bonchev–Trinajstić information content (AvgIpc) is 3.17. The summed E-state index contributed by atoms with van der Waals surface area (Å²) in [5, 5.41) is 4.47. The molecule has 7 heteroatoms. The van der Waals surface area contributed by atoms with E-state index in [-0.39, 0.29) is 23.8 Å². The first kappa shape index (κ1) is 16.4. The Morgan fingerprint density at radius 2 is 2.26 bits per heavy atom. The van der Waals surface area contributed by atoms with Crippen LogP contribution in [0.1, 0.15) is 36.9 Å². The van der Waals surface area contributed by atoms with Crippen molar-refractivity contribution in [1.29, 1.82) is 0 Å². The SMILES string of the molecule is CCN(C)C(=O)[C@@H]1CSCN1C(=O)[C@@H]1CCCc2nn(C)cc21. The number of aryl methyl sites for hydroxylation is 2. The van der Waals surface area contributed by atoms with Crippen molar-refractivity contribution in [3.05, 3.63) is 17.5 Å². The van der Waals surface area contributed by atoms with E-state index in [2.05, 4.69) is 5.10 Å². The molecule has 2 amide bonds. The maximum Gasteiger partial charge on any atom is 0.245 e. The zero-order chi connectivity index (χ0) is 16.6. The number of likely N-dealkylation sites (N-methyl/N-ethyl adjacent to an activating group) is 1. The van der Waals surface area contributed by atoms with E-state index in [4.69, 9.17) is 0 Å². The van der Waals surface area contributed by atoms with Gasteiger partial charge in [0.1, 0.15) is 6.04 Å². The Labute approximate surface area is 141 Å². The van der Waals surface area contributed by atoms with Crippen LogP contribution >= 0.6 is 11.8 Å². The van der Waals surface area contributed by atoms with Crippen LogP contribution in [0.4, 0.5) is 0 Å². The highest BCUT2D eigenvalue weighted by Gasteiger charge is 2.40. The lowest BCUT2D eigenvalue weighted by Gasteiger charge is -2.31. The van der Waals surface area contributed by atoms with E-state index in [0.717, 1.165) is 30.5 Å². The highest BCUT2D eigenvalue weighted by molar-refractivity contribution is 7.99. The van der Waals surface area contributed by atoms with Crippen LogP contribution in [0.5, 0.6) is 0 Å². The van der Waals surface area contributed by atoms with E-state index in [1.165, 1.54) is 0 Å². The average molecular weight is 336 g/mol. The minimum absolute atomic E-state index is 0.0491. The van der Waals surface area contributed by atoms with Gasteiger partial charge in [0.05, 0.1) is 17.5 Å². The van der Waals surface area contributed by atoms with Crippen LogP contribution in [-0.2, 0) is 23.1 Å². The second kappa shape index (κ2) is 6.55. The van der Waals surface area contributed by atoms with Gasteiger partial charge in [0.15, 0.2) is 0 Å². The molecule has 1 aliphatic heterocycles. The molecule has 0 radical (unpaired) electrons. The van der Waals surface area contributed by atoms with Crippen molar-refractivity contribution < 1.29 is 9.59 Å². The molecule has 1 saturated heterocycles. The second-order valence-corrected chi connectivity index (χ2v) is 7.33. The lowest BCUT2D eigenvalue weighted by molar-refractivity contribution is -0.143. The molecular formula is C16H24N4O2S. The van der Waals surface area contributed by atoms with Gasteiger partial charge in [-0.05, 0) is 26.2 Å². The fraction of sp³-hybridized carbons (Fsp3) is 0.688. The molecule has 0 unspecified atom stereocenters. The number of thioether (sulfide) groups is 1. The Hall–Kier alpha value is -1.50. The molecule has 0 spiro atoms. The molecule has 1 aromatic rings. The number of nitrogens with zero attached hydrogens (tertiary/aromatic N) is 4. The number of hydrogen-bond acceptors (Lipinski definition) is 4. The molecule has 0 saturated carbocycles. The van der Waals surface area contributed by atoms with E-state index < -0.39 is 0 Å². The number of amides is 2. The maximum atomic E-state index is 13.1. The number of aromatic nitrogens is 2. The Bertz CT molecular complexity index is 615. The maximum absolute atomic E-state index is 13.1. The molecule has 1 aromatic heterocycles. The molecule has 0 bridgehead atoms. The van der Waals surface area contributed by atoms with Crippen molar-refractivity contribution in [3.8, 4) is 0 Å². The van der Waals surface area contributed by atoms with Crippen LogP contribution in [0.3, 0.4) is 0 Å². The highest BCUT2D eigenvalue weighted by atomic mass is 32.2. The van der Waals surface area contributed by atoms with Gasteiger partial charge in [-0.1, -0.05) is 0 Å². The van der Waals surface area contributed by atoms with E-state index >= 15 is 0 Å². The number of carbonyl (C=O) groups excluding carboxylic acids is 2. The molecule has 6 nitrogen and oxygen atoms in total. The van der Waals surface area contributed by atoms with Crippen molar-refractivity contribution >= 4 is 23.6 Å². The van der Waals surface area contributed by atoms with Gasteiger partial charge >= 0.3 is 0 Å². The van der Waals surface area contributed by atoms with E-state index in [9.17, 15) is 9.59 Å². The zero-order valence-electron chi connectivity index (χ0n) is 14.0. The lowest BCUT2D eigenvalue weighted by Crippen LogP contribution is -2.49. The van der Waals surface area contributed by atoms with Gasteiger partial charge in [0.2, 0.25) is 11.8 Å². The van der Waals surface area contributed by atoms with Crippen LogP contribution in [-0.4, -0.2) is 62.7 Å². The fourth-order valence-electron chi connectivity index (χ4n) is 3.40. The molecule has 2 atom stereocenters. The van der Waals surface area contributed by atoms with Crippen LogP contribution < -0.4 is 0 Å². The van der Waals surface area contributed by atoms with Gasteiger partial charge in [-0.15, -0.1) is 11.8 Å². The van der Waals surface area contributed by atoms with Gasteiger partial charge in [-0.25, -0.2) is 0 Å². The van der Waals surface area contributed by atoms with Gasteiger partial charge in [0, 0.05) is 38.2 Å². The molecule has 1 aliphatic carbocycles. The van der Waals surface area contributed by atoms with Gasteiger partial charge in [-0.2, -0.15) is 5.10 Å². The van der Waals surface area contributed by atoms with Crippen LogP contribution in [0, 0.1) is 0 Å². The van der Waals surface area contributed by atoms with Crippen LogP contribution in [0.2, 0.25) is 0 Å². The first-order valence-corrected chi connectivity index (χ1v) is 9.34.